The molecule has 0 rings (SSSR count). The van der Waals surface area contributed by atoms with E-state index < -0.39 is 0 Å². The molecule has 0 aromatic heterocycles. The summed E-state index contributed by atoms with van der Waals surface area (Å²) in [6.45, 7) is 0.662. The normalized spacial score (nSPS) is 9.50. The van der Waals surface area contributed by atoms with Crippen LogP contribution >= 0.6 is 8.46 Å². The van der Waals surface area contributed by atoms with Gasteiger partial charge in [0.2, 0.25) is 0 Å². The number of hydrogen-bond acceptors (Lipinski definition) is 2. The molecule has 1 unspecified atom stereocenters. The van der Waals surface area contributed by atoms with Gasteiger partial charge >= 0.3 is 0 Å². The van der Waals surface area contributed by atoms with E-state index in [-0.39, 0.29) is 8.46 Å². The summed E-state index contributed by atoms with van der Waals surface area (Å²) in [5.41, 5.74) is 5.08. The van der Waals surface area contributed by atoms with Crippen molar-refractivity contribution in [1.29, 1.82) is 0 Å². The first-order chi connectivity index (χ1) is 2.91. The van der Waals surface area contributed by atoms with Crippen LogP contribution < -0.4 is 5.73 Å². The standard InChI is InChI=1S/C3H9NOP/c4-2-1-3-6-5/h6H,1-4H2. The maximum absolute atomic E-state index is 9.66. The lowest BCUT2D eigenvalue weighted by molar-refractivity contribution is 0.597. The van der Waals surface area contributed by atoms with Crippen LogP contribution in [0.5, 0.6) is 0 Å². The SMILES string of the molecule is NCCC[PH]=O. The van der Waals surface area contributed by atoms with E-state index in [9.17, 15) is 4.57 Å². The molecule has 3 heteroatoms. The van der Waals surface area contributed by atoms with Crippen molar-refractivity contribution in [2.75, 3.05) is 12.7 Å². The number of nitrogens with two attached hydrogens (primary N) is 1. The Morgan fingerprint density at radius 3 is 2.50 bits per heavy atom. The Bertz CT molecular complexity index is 39.8. The highest BCUT2D eigenvalue weighted by Gasteiger charge is 1.74. The summed E-state index contributed by atoms with van der Waals surface area (Å²) < 4.78 is 9.66. The second kappa shape index (κ2) is 5.06. The lowest BCUT2D eigenvalue weighted by Gasteiger charge is -1.80. The van der Waals surface area contributed by atoms with Crippen LogP contribution in [0.1, 0.15) is 6.42 Å². The summed E-state index contributed by atoms with van der Waals surface area (Å²) in [5, 5.41) is 0. The van der Waals surface area contributed by atoms with Gasteiger partial charge in [0.25, 0.3) is 0 Å². The smallest absolute Gasteiger partial charge is 0.0581 e. The molecule has 0 saturated heterocycles. The molecule has 0 saturated carbocycles. The van der Waals surface area contributed by atoms with Crippen molar-refractivity contribution in [1.82, 2.24) is 0 Å². The molecule has 0 fully saturated rings. The van der Waals surface area contributed by atoms with Crippen LogP contribution in [0.15, 0.2) is 0 Å². The predicted octanol–water partition coefficient (Wildman–Crippen LogP) is 0.359. The molecule has 2 nitrogen and oxygen atoms in total. The number of rotatable bonds is 3. The van der Waals surface area contributed by atoms with Gasteiger partial charge in [-0.2, -0.15) is 0 Å². The molecule has 0 aliphatic rings. The third-order valence-electron chi connectivity index (χ3n) is 0.483. The van der Waals surface area contributed by atoms with Gasteiger partial charge in [0.15, 0.2) is 0 Å². The monoisotopic (exact) mass is 106 g/mol. The molecule has 0 amide bonds. The third-order valence-corrected chi connectivity index (χ3v) is 1.04. The molecule has 0 aromatic carbocycles. The van der Waals surface area contributed by atoms with Crippen LogP contribution in [0.3, 0.4) is 0 Å². The molecular formula is C3H9NOP. The molecular weight excluding hydrogens is 97.0 g/mol. The largest absolute Gasteiger partial charge is 0.330 e. The zero-order valence-electron chi connectivity index (χ0n) is 3.61. The first kappa shape index (κ1) is 6.06. The quantitative estimate of drug-likeness (QED) is 0.417. The summed E-state index contributed by atoms with van der Waals surface area (Å²) in [6.07, 6.45) is 1.65. The van der Waals surface area contributed by atoms with E-state index in [4.69, 9.17) is 5.73 Å². The molecule has 0 bridgehead atoms. The molecule has 0 aliphatic heterocycles. The van der Waals surface area contributed by atoms with Crippen LogP contribution in [-0.2, 0) is 4.57 Å². The van der Waals surface area contributed by atoms with Gasteiger partial charge in [-0.3, -0.25) is 4.57 Å². The summed E-state index contributed by atoms with van der Waals surface area (Å²) in [6, 6.07) is 0. The van der Waals surface area contributed by atoms with E-state index in [0.717, 1.165) is 12.6 Å². The molecule has 1 atom stereocenters. The second-order valence-corrected chi connectivity index (χ2v) is 1.83. The van der Waals surface area contributed by atoms with Crippen molar-refractivity contribution in [3.8, 4) is 0 Å². The van der Waals surface area contributed by atoms with E-state index in [2.05, 4.69) is 0 Å². The molecule has 1 radical (unpaired) electrons. The Kier molecular flexibility index (Phi) is 5.11. The molecule has 0 aromatic rings. The molecule has 0 aliphatic carbocycles. The van der Waals surface area contributed by atoms with Crippen LogP contribution in [0, 0.1) is 0 Å². The van der Waals surface area contributed by atoms with Gasteiger partial charge in [0.1, 0.15) is 0 Å². The third kappa shape index (κ3) is 4.06. The van der Waals surface area contributed by atoms with Crippen molar-refractivity contribution in [2.45, 2.75) is 6.42 Å². The van der Waals surface area contributed by atoms with E-state index >= 15 is 0 Å². The Morgan fingerprint density at radius 2 is 2.33 bits per heavy atom. The van der Waals surface area contributed by atoms with Crippen molar-refractivity contribution in [3.05, 3.63) is 0 Å². The molecule has 6 heavy (non-hydrogen) atoms. The highest BCUT2D eigenvalue weighted by Crippen LogP contribution is 1.90. The fourth-order valence-corrected chi connectivity index (χ4v) is 0.523. The summed E-state index contributed by atoms with van der Waals surface area (Å²) in [4.78, 5) is 0. The molecule has 2 N–H and O–H groups in total. The minimum atomic E-state index is -0.165. The van der Waals surface area contributed by atoms with Gasteiger partial charge < -0.3 is 5.73 Å². The van der Waals surface area contributed by atoms with Gasteiger partial charge in [-0.1, -0.05) is 0 Å². The maximum atomic E-state index is 9.66. The first-order valence-corrected chi connectivity index (χ1v) is 3.08. The Hall–Kier alpha value is 0.0600. The van der Waals surface area contributed by atoms with E-state index in [1.165, 1.54) is 0 Å². The van der Waals surface area contributed by atoms with Crippen molar-refractivity contribution >= 4 is 8.46 Å². The van der Waals surface area contributed by atoms with Crippen molar-refractivity contribution in [3.63, 3.8) is 0 Å². The lowest BCUT2D eigenvalue weighted by Crippen LogP contribution is -1.97. The summed E-state index contributed by atoms with van der Waals surface area (Å²) >= 11 is 0. The van der Waals surface area contributed by atoms with E-state index in [0.29, 0.717) is 6.54 Å². The topological polar surface area (TPSA) is 43.1 Å². The summed E-state index contributed by atoms with van der Waals surface area (Å²) in [5.74, 6) is 0. The predicted molar refractivity (Wildman–Crippen MR) is 27.5 cm³/mol. The Labute approximate surface area is 38.9 Å². The average Bonchev–Trinajstić information content (AvgIpc) is 1.61. The minimum absolute atomic E-state index is 0.165. The first-order valence-electron chi connectivity index (χ1n) is 1.97. The van der Waals surface area contributed by atoms with Crippen LogP contribution in [0.25, 0.3) is 0 Å². The van der Waals surface area contributed by atoms with Crippen LogP contribution in [0.4, 0.5) is 0 Å². The Balaban J connectivity index is 2.49. The second-order valence-electron chi connectivity index (χ2n) is 1.04. The minimum Gasteiger partial charge on any atom is -0.330 e. The molecule has 37 valence electrons. The van der Waals surface area contributed by atoms with Crippen LogP contribution in [-0.4, -0.2) is 12.7 Å². The van der Waals surface area contributed by atoms with Crippen molar-refractivity contribution in [2.24, 2.45) is 5.73 Å². The van der Waals surface area contributed by atoms with Gasteiger partial charge in [0.05, 0.1) is 8.46 Å². The lowest BCUT2D eigenvalue weighted by atomic mass is 10.5. The van der Waals surface area contributed by atoms with E-state index in [1.807, 2.05) is 0 Å². The Morgan fingerprint density at radius 1 is 1.67 bits per heavy atom. The highest BCUT2D eigenvalue weighted by molar-refractivity contribution is 7.23. The van der Waals surface area contributed by atoms with Crippen LogP contribution in [0.2, 0.25) is 0 Å². The van der Waals surface area contributed by atoms with Gasteiger partial charge in [-0.05, 0) is 13.0 Å². The number of hydrogen-bond donors (Lipinski definition) is 1. The van der Waals surface area contributed by atoms with Gasteiger partial charge in [-0.15, -0.1) is 0 Å². The van der Waals surface area contributed by atoms with E-state index in [1.54, 1.807) is 0 Å². The fourth-order valence-electron chi connectivity index (χ4n) is 0.174. The highest BCUT2D eigenvalue weighted by atomic mass is 31.1. The maximum Gasteiger partial charge on any atom is 0.0581 e. The van der Waals surface area contributed by atoms with Gasteiger partial charge in [-0.25, -0.2) is 0 Å². The van der Waals surface area contributed by atoms with Gasteiger partial charge in [0, 0.05) is 6.16 Å². The zero-order valence-corrected chi connectivity index (χ0v) is 4.61. The zero-order chi connectivity index (χ0) is 4.83. The molecule has 0 heterocycles. The summed E-state index contributed by atoms with van der Waals surface area (Å²) in [7, 11) is -0.165. The van der Waals surface area contributed by atoms with Crippen molar-refractivity contribution < 1.29 is 4.57 Å². The molecule has 0 spiro atoms. The average molecular weight is 106 g/mol. The fraction of sp³-hybridized carbons (Fsp3) is 1.00.